The van der Waals surface area contributed by atoms with Crippen molar-refractivity contribution < 1.29 is 19.2 Å². The van der Waals surface area contributed by atoms with E-state index in [9.17, 15) is 20.2 Å². The third kappa shape index (κ3) is 4.01. The fourth-order valence-electron chi connectivity index (χ4n) is 2.17. The van der Waals surface area contributed by atoms with Crippen molar-refractivity contribution in [3.63, 3.8) is 0 Å². The molecule has 0 bridgehead atoms. The number of nitro benzene ring substituents is 1. The van der Waals surface area contributed by atoms with E-state index in [4.69, 9.17) is 9.47 Å². The number of carbonyl (C=O) groups excluding carboxylic acids is 1. The fourth-order valence-corrected chi connectivity index (χ4v) is 2.17. The van der Waals surface area contributed by atoms with Crippen LogP contribution in [-0.4, -0.2) is 43.0 Å². The number of likely N-dealkylation sites (N-methyl/N-ethyl adjacent to an activating group) is 1. The van der Waals surface area contributed by atoms with E-state index in [-0.39, 0.29) is 22.8 Å². The minimum absolute atomic E-state index is 0.0202. The van der Waals surface area contributed by atoms with Crippen molar-refractivity contribution in [1.29, 1.82) is 5.26 Å². The largest absolute Gasteiger partial charge is 0.493 e. The van der Waals surface area contributed by atoms with E-state index in [0.29, 0.717) is 18.7 Å². The van der Waals surface area contributed by atoms with Gasteiger partial charge in [0.25, 0.3) is 5.91 Å². The highest BCUT2D eigenvalue weighted by Crippen LogP contribution is 2.38. The molecule has 0 atom stereocenters. The molecule has 0 radical (unpaired) electrons. The number of rotatable bonds is 7. The lowest BCUT2D eigenvalue weighted by atomic mass is 10.1. The second-order valence-corrected chi connectivity index (χ2v) is 4.68. The summed E-state index contributed by atoms with van der Waals surface area (Å²) < 4.78 is 10.1. The average molecular weight is 333 g/mol. The van der Waals surface area contributed by atoms with Gasteiger partial charge < -0.3 is 14.4 Å². The highest BCUT2D eigenvalue weighted by atomic mass is 16.6. The summed E-state index contributed by atoms with van der Waals surface area (Å²) in [5, 5.41) is 20.4. The number of ether oxygens (including phenoxy) is 2. The van der Waals surface area contributed by atoms with E-state index >= 15 is 0 Å². The predicted molar refractivity (Wildman–Crippen MR) is 87.7 cm³/mol. The van der Waals surface area contributed by atoms with Crippen molar-refractivity contribution in [3.8, 4) is 17.6 Å². The van der Waals surface area contributed by atoms with Crippen LogP contribution in [0, 0.1) is 21.4 Å². The SMILES string of the molecule is CCN(CC)C(=O)C(C#N)=Cc1cc(OC)c(OC)c([N+](=O)[O-])c1. The maximum atomic E-state index is 12.3. The van der Waals surface area contributed by atoms with Crippen molar-refractivity contribution in [2.45, 2.75) is 13.8 Å². The lowest BCUT2D eigenvalue weighted by Gasteiger charge is -2.17. The lowest BCUT2D eigenvalue weighted by molar-refractivity contribution is -0.385. The van der Waals surface area contributed by atoms with E-state index < -0.39 is 10.8 Å². The molecule has 0 saturated carbocycles. The summed E-state index contributed by atoms with van der Waals surface area (Å²) in [6.45, 7) is 4.52. The molecule has 0 aliphatic rings. The molecule has 128 valence electrons. The van der Waals surface area contributed by atoms with E-state index in [2.05, 4.69) is 0 Å². The zero-order valence-corrected chi connectivity index (χ0v) is 14.0. The number of nitrogens with zero attached hydrogens (tertiary/aromatic N) is 3. The summed E-state index contributed by atoms with van der Waals surface area (Å²) in [7, 11) is 2.65. The Hall–Kier alpha value is -3.08. The first-order valence-corrected chi connectivity index (χ1v) is 7.24. The third-order valence-electron chi connectivity index (χ3n) is 3.39. The summed E-state index contributed by atoms with van der Waals surface area (Å²) in [6.07, 6.45) is 1.30. The Kier molecular flexibility index (Phi) is 6.74. The molecule has 8 nitrogen and oxygen atoms in total. The number of nitro groups is 1. The molecule has 0 spiro atoms. The Morgan fingerprint density at radius 3 is 2.38 bits per heavy atom. The van der Waals surface area contributed by atoms with Gasteiger partial charge in [-0.05, 0) is 31.6 Å². The van der Waals surface area contributed by atoms with Crippen LogP contribution in [0.3, 0.4) is 0 Å². The zero-order valence-electron chi connectivity index (χ0n) is 14.0. The Morgan fingerprint density at radius 2 is 1.96 bits per heavy atom. The Bertz CT molecular complexity index is 702. The van der Waals surface area contributed by atoms with Crippen molar-refractivity contribution in [2.24, 2.45) is 0 Å². The quantitative estimate of drug-likeness (QED) is 0.328. The standard InChI is InChI=1S/C16H19N3O5/c1-5-18(6-2)16(20)12(10-17)7-11-8-13(19(21)22)15(24-4)14(9-11)23-3/h7-9H,5-6H2,1-4H3. The smallest absolute Gasteiger partial charge is 0.315 e. The van der Waals surface area contributed by atoms with Crippen molar-refractivity contribution in [3.05, 3.63) is 33.4 Å². The first-order valence-electron chi connectivity index (χ1n) is 7.24. The van der Waals surface area contributed by atoms with Crippen molar-refractivity contribution >= 4 is 17.7 Å². The molecule has 1 aromatic rings. The molecule has 24 heavy (non-hydrogen) atoms. The van der Waals surface area contributed by atoms with Crippen molar-refractivity contribution in [2.75, 3.05) is 27.3 Å². The minimum Gasteiger partial charge on any atom is -0.493 e. The molecule has 0 aliphatic heterocycles. The van der Waals surface area contributed by atoms with Gasteiger partial charge in [-0.25, -0.2) is 0 Å². The molecule has 0 heterocycles. The molecule has 8 heteroatoms. The minimum atomic E-state index is -0.614. The molecule has 0 fully saturated rings. The molecule has 0 unspecified atom stereocenters. The maximum absolute atomic E-state index is 12.3. The average Bonchev–Trinajstić information content (AvgIpc) is 2.59. The van der Waals surface area contributed by atoms with Crippen LogP contribution < -0.4 is 9.47 Å². The maximum Gasteiger partial charge on any atom is 0.315 e. The Balaban J connectivity index is 3.45. The number of nitriles is 1. The summed E-state index contributed by atoms with van der Waals surface area (Å²) in [5.74, 6) is -0.307. The Labute approximate surface area is 140 Å². The molecule has 0 aliphatic carbocycles. The van der Waals surface area contributed by atoms with Gasteiger partial charge in [-0.15, -0.1) is 0 Å². The molecule has 1 rings (SSSR count). The van der Waals surface area contributed by atoms with Gasteiger partial charge >= 0.3 is 5.69 Å². The second kappa shape index (κ2) is 8.53. The van der Waals surface area contributed by atoms with Gasteiger partial charge in [0.2, 0.25) is 5.75 Å². The van der Waals surface area contributed by atoms with Crippen molar-refractivity contribution in [1.82, 2.24) is 4.90 Å². The van der Waals surface area contributed by atoms with Crippen LogP contribution in [-0.2, 0) is 4.79 Å². The van der Waals surface area contributed by atoms with E-state index in [0.717, 1.165) is 0 Å². The van der Waals surface area contributed by atoms with E-state index in [1.807, 2.05) is 6.07 Å². The molecule has 1 aromatic carbocycles. The zero-order chi connectivity index (χ0) is 18.3. The fraction of sp³-hybridized carbons (Fsp3) is 0.375. The van der Waals surface area contributed by atoms with Gasteiger partial charge in [0.05, 0.1) is 19.1 Å². The third-order valence-corrected chi connectivity index (χ3v) is 3.39. The summed E-state index contributed by atoms with van der Waals surface area (Å²) in [6, 6.07) is 4.54. The second-order valence-electron chi connectivity index (χ2n) is 4.68. The van der Waals surface area contributed by atoms with Crippen LogP contribution in [0.1, 0.15) is 19.4 Å². The van der Waals surface area contributed by atoms with Gasteiger partial charge in [0, 0.05) is 19.2 Å². The van der Waals surface area contributed by atoms with Crippen LogP contribution >= 0.6 is 0 Å². The summed E-state index contributed by atoms with van der Waals surface area (Å²) >= 11 is 0. The highest BCUT2D eigenvalue weighted by molar-refractivity contribution is 6.01. The van der Waals surface area contributed by atoms with Gasteiger partial charge in [-0.2, -0.15) is 5.26 Å². The van der Waals surface area contributed by atoms with E-state index in [1.54, 1.807) is 13.8 Å². The molecular weight excluding hydrogens is 314 g/mol. The summed E-state index contributed by atoms with van der Waals surface area (Å²) in [4.78, 5) is 24.4. The van der Waals surface area contributed by atoms with Crippen LogP contribution in [0.5, 0.6) is 11.5 Å². The van der Waals surface area contributed by atoms with Gasteiger partial charge in [-0.3, -0.25) is 14.9 Å². The normalized spacial score (nSPS) is 10.7. The number of hydrogen-bond acceptors (Lipinski definition) is 6. The van der Waals surface area contributed by atoms with Gasteiger partial charge in [0.1, 0.15) is 11.6 Å². The van der Waals surface area contributed by atoms with E-state index in [1.165, 1.54) is 37.3 Å². The first-order chi connectivity index (χ1) is 11.4. The lowest BCUT2D eigenvalue weighted by Crippen LogP contribution is -2.31. The monoisotopic (exact) mass is 333 g/mol. The molecule has 1 amide bonds. The number of benzene rings is 1. The highest BCUT2D eigenvalue weighted by Gasteiger charge is 2.22. The molecule has 0 N–H and O–H groups in total. The van der Waals surface area contributed by atoms with Crippen LogP contribution in [0.15, 0.2) is 17.7 Å². The predicted octanol–water partition coefficient (Wildman–Crippen LogP) is 2.39. The summed E-state index contributed by atoms with van der Waals surface area (Å²) in [5.41, 5.74) is -0.118. The van der Waals surface area contributed by atoms with Crippen LogP contribution in [0.4, 0.5) is 5.69 Å². The number of hydrogen-bond donors (Lipinski definition) is 0. The van der Waals surface area contributed by atoms with Crippen LogP contribution in [0.25, 0.3) is 6.08 Å². The van der Waals surface area contributed by atoms with Gasteiger partial charge in [-0.1, -0.05) is 0 Å². The molecular formula is C16H19N3O5. The topological polar surface area (TPSA) is 106 Å². The number of methoxy groups -OCH3 is 2. The Morgan fingerprint density at radius 1 is 1.33 bits per heavy atom. The molecule has 0 aromatic heterocycles. The number of amides is 1. The van der Waals surface area contributed by atoms with Gasteiger partial charge in [0.15, 0.2) is 5.75 Å². The first kappa shape index (κ1) is 19.0. The van der Waals surface area contributed by atoms with Crippen LogP contribution in [0.2, 0.25) is 0 Å². The molecule has 0 saturated heterocycles. The number of carbonyl (C=O) groups is 1.